The van der Waals surface area contributed by atoms with E-state index in [0.717, 1.165) is 38.0 Å². The van der Waals surface area contributed by atoms with Gasteiger partial charge >= 0.3 is 0 Å². The molecule has 3 nitrogen and oxygen atoms in total. The van der Waals surface area contributed by atoms with Gasteiger partial charge in [0.25, 0.3) is 0 Å². The molecular formula is C15H28N2OS. The fourth-order valence-corrected chi connectivity index (χ4v) is 4.47. The molecule has 2 unspecified atom stereocenters. The van der Waals surface area contributed by atoms with Gasteiger partial charge in [-0.15, -0.1) is 0 Å². The molecule has 0 saturated heterocycles. The van der Waals surface area contributed by atoms with E-state index in [1.165, 1.54) is 12.8 Å². The maximum absolute atomic E-state index is 12.7. The summed E-state index contributed by atoms with van der Waals surface area (Å²) in [5, 5.41) is 3.91. The van der Waals surface area contributed by atoms with Crippen molar-refractivity contribution in [2.75, 3.05) is 12.8 Å². The Kier molecular flexibility index (Phi) is 5.18. The average Bonchev–Trinajstić information content (AvgIpc) is 2.87. The van der Waals surface area contributed by atoms with Crippen LogP contribution >= 0.6 is 11.8 Å². The monoisotopic (exact) mass is 284 g/mol. The van der Waals surface area contributed by atoms with Crippen LogP contribution in [0.1, 0.15) is 51.9 Å². The molecule has 2 aliphatic carbocycles. The van der Waals surface area contributed by atoms with Crippen molar-refractivity contribution in [1.82, 2.24) is 5.32 Å². The normalized spacial score (nSPS) is 39.2. The second-order valence-electron chi connectivity index (χ2n) is 6.45. The lowest BCUT2D eigenvalue weighted by Crippen LogP contribution is -2.51. The summed E-state index contributed by atoms with van der Waals surface area (Å²) in [7, 11) is 0. The smallest absolute Gasteiger partial charge is 0.227 e. The van der Waals surface area contributed by atoms with Crippen molar-refractivity contribution in [3.63, 3.8) is 0 Å². The molecule has 0 aromatic heterocycles. The van der Waals surface area contributed by atoms with Crippen molar-refractivity contribution in [2.24, 2.45) is 17.1 Å². The summed E-state index contributed by atoms with van der Waals surface area (Å²) in [4.78, 5) is 12.7. The van der Waals surface area contributed by atoms with Crippen molar-refractivity contribution in [3.05, 3.63) is 0 Å². The number of thioether (sulfide) groups is 1. The molecule has 2 saturated carbocycles. The molecule has 0 heterocycles. The van der Waals surface area contributed by atoms with Crippen LogP contribution < -0.4 is 11.1 Å². The van der Waals surface area contributed by atoms with E-state index in [9.17, 15) is 4.79 Å². The number of hydrogen-bond acceptors (Lipinski definition) is 3. The molecule has 0 radical (unpaired) electrons. The second-order valence-corrected chi connectivity index (χ2v) is 7.53. The van der Waals surface area contributed by atoms with Gasteiger partial charge in [-0.05, 0) is 50.7 Å². The minimum absolute atomic E-state index is 0.229. The average molecular weight is 284 g/mol. The molecule has 2 aliphatic rings. The largest absolute Gasteiger partial charge is 0.352 e. The Labute approximate surface area is 121 Å². The van der Waals surface area contributed by atoms with Crippen molar-refractivity contribution < 1.29 is 4.79 Å². The maximum Gasteiger partial charge on any atom is 0.227 e. The number of hydrogen-bond donors (Lipinski definition) is 2. The first kappa shape index (κ1) is 15.2. The predicted octanol–water partition coefficient (Wildman–Crippen LogP) is 2.54. The van der Waals surface area contributed by atoms with Crippen LogP contribution in [-0.4, -0.2) is 30.0 Å². The van der Waals surface area contributed by atoms with Crippen molar-refractivity contribution in [1.29, 1.82) is 0 Å². The molecular weight excluding hydrogens is 256 g/mol. The lowest BCUT2D eigenvalue weighted by molar-refractivity contribution is -0.133. The van der Waals surface area contributed by atoms with Gasteiger partial charge in [-0.25, -0.2) is 0 Å². The number of nitrogens with one attached hydrogen (secondary N) is 1. The van der Waals surface area contributed by atoms with E-state index in [-0.39, 0.29) is 11.3 Å². The number of amides is 1. The van der Waals surface area contributed by atoms with Gasteiger partial charge in [-0.3, -0.25) is 4.79 Å². The van der Waals surface area contributed by atoms with Crippen molar-refractivity contribution >= 4 is 17.7 Å². The van der Waals surface area contributed by atoms with E-state index in [2.05, 4.69) is 18.5 Å². The summed E-state index contributed by atoms with van der Waals surface area (Å²) >= 11 is 1.89. The molecule has 2 atom stereocenters. The number of rotatable bonds is 4. The molecule has 4 heteroatoms. The quantitative estimate of drug-likeness (QED) is 0.834. The van der Waals surface area contributed by atoms with E-state index in [1.54, 1.807) is 0 Å². The highest BCUT2D eigenvalue weighted by Crippen LogP contribution is 2.39. The molecule has 0 aromatic carbocycles. The lowest BCUT2D eigenvalue weighted by Gasteiger charge is -2.38. The fourth-order valence-electron chi connectivity index (χ4n) is 3.53. The molecule has 3 N–H and O–H groups in total. The summed E-state index contributed by atoms with van der Waals surface area (Å²) in [6.07, 6.45) is 9.97. The zero-order valence-electron chi connectivity index (χ0n) is 12.3. The Morgan fingerprint density at radius 1 is 1.32 bits per heavy atom. The fraction of sp³-hybridized carbons (Fsp3) is 0.933. The van der Waals surface area contributed by atoms with Crippen LogP contribution in [-0.2, 0) is 4.79 Å². The first-order valence-corrected chi connectivity index (χ1v) is 8.94. The van der Waals surface area contributed by atoms with E-state index in [0.29, 0.717) is 17.8 Å². The minimum atomic E-state index is -0.280. The van der Waals surface area contributed by atoms with Gasteiger partial charge in [0.05, 0.1) is 5.41 Å². The Morgan fingerprint density at radius 2 is 2.00 bits per heavy atom. The van der Waals surface area contributed by atoms with Crippen LogP contribution in [0, 0.1) is 11.3 Å². The summed E-state index contributed by atoms with van der Waals surface area (Å²) in [6, 6.07) is 0.366. The zero-order chi connectivity index (χ0) is 13.9. The third kappa shape index (κ3) is 3.27. The molecule has 0 spiro atoms. The minimum Gasteiger partial charge on any atom is -0.352 e. The number of carbonyl (C=O) groups is 1. The van der Waals surface area contributed by atoms with Gasteiger partial charge in [0.1, 0.15) is 0 Å². The molecule has 0 bridgehead atoms. The summed E-state index contributed by atoms with van der Waals surface area (Å²) in [6.45, 7) is 2.78. The molecule has 0 aliphatic heterocycles. The van der Waals surface area contributed by atoms with Gasteiger partial charge in [0.2, 0.25) is 5.91 Å². The van der Waals surface area contributed by atoms with Gasteiger partial charge in [0.15, 0.2) is 0 Å². The Bertz CT molecular complexity index is 313. The molecule has 0 aromatic rings. The Morgan fingerprint density at radius 3 is 2.58 bits per heavy atom. The van der Waals surface area contributed by atoms with E-state index in [4.69, 9.17) is 5.73 Å². The third-order valence-electron chi connectivity index (χ3n) is 5.18. The number of nitrogens with two attached hydrogens (primary N) is 1. The van der Waals surface area contributed by atoms with Crippen molar-refractivity contribution in [3.8, 4) is 0 Å². The first-order valence-electron chi connectivity index (χ1n) is 7.65. The predicted molar refractivity (Wildman–Crippen MR) is 82.2 cm³/mol. The maximum atomic E-state index is 12.7. The Hall–Kier alpha value is -0.220. The Balaban J connectivity index is 1.97. The second kappa shape index (κ2) is 6.49. The molecule has 2 rings (SSSR count). The van der Waals surface area contributed by atoms with E-state index >= 15 is 0 Å². The standard InChI is InChI=1S/C15H28N2OS/c1-11-6-8-15(10-16,9-7-11)14(18)17-12-4-3-5-13(12)19-2/h11-13H,3-10,16H2,1-2H3,(H,17,18). The molecule has 1 amide bonds. The van der Waals surface area contributed by atoms with Gasteiger partial charge in [-0.2, -0.15) is 11.8 Å². The van der Waals surface area contributed by atoms with Gasteiger partial charge in [-0.1, -0.05) is 13.3 Å². The SMILES string of the molecule is CSC1CCCC1NC(=O)C1(CN)CCC(C)CC1. The summed E-state index contributed by atoms with van der Waals surface area (Å²) in [5.74, 6) is 0.978. The van der Waals surface area contributed by atoms with Gasteiger partial charge < -0.3 is 11.1 Å². The molecule has 19 heavy (non-hydrogen) atoms. The van der Waals surface area contributed by atoms with E-state index < -0.39 is 0 Å². The lowest BCUT2D eigenvalue weighted by atomic mass is 9.70. The highest BCUT2D eigenvalue weighted by atomic mass is 32.2. The highest BCUT2D eigenvalue weighted by molar-refractivity contribution is 7.99. The summed E-state index contributed by atoms with van der Waals surface area (Å²) < 4.78 is 0. The van der Waals surface area contributed by atoms with Crippen molar-refractivity contribution in [2.45, 2.75) is 63.2 Å². The molecule has 2 fully saturated rings. The third-order valence-corrected chi connectivity index (χ3v) is 6.35. The number of carbonyl (C=O) groups excluding carboxylic acids is 1. The van der Waals surface area contributed by atoms with Crippen LogP contribution in [0.4, 0.5) is 0 Å². The topological polar surface area (TPSA) is 55.1 Å². The van der Waals surface area contributed by atoms with Crippen LogP contribution in [0.25, 0.3) is 0 Å². The van der Waals surface area contributed by atoms with Crippen LogP contribution in [0.5, 0.6) is 0 Å². The van der Waals surface area contributed by atoms with Gasteiger partial charge in [0, 0.05) is 17.8 Å². The first-order chi connectivity index (χ1) is 9.11. The summed E-state index contributed by atoms with van der Waals surface area (Å²) in [5.41, 5.74) is 5.68. The zero-order valence-corrected chi connectivity index (χ0v) is 13.1. The van der Waals surface area contributed by atoms with E-state index in [1.807, 2.05) is 11.8 Å². The van der Waals surface area contributed by atoms with Crippen LogP contribution in [0.15, 0.2) is 0 Å². The van der Waals surface area contributed by atoms with Crippen LogP contribution in [0.3, 0.4) is 0 Å². The molecule has 110 valence electrons. The van der Waals surface area contributed by atoms with Crippen LogP contribution in [0.2, 0.25) is 0 Å². The highest BCUT2D eigenvalue weighted by Gasteiger charge is 2.41.